The van der Waals surface area contributed by atoms with Crippen molar-refractivity contribution in [2.24, 2.45) is 0 Å². The second kappa shape index (κ2) is 13.0. The summed E-state index contributed by atoms with van der Waals surface area (Å²) in [5.41, 5.74) is 0. The van der Waals surface area contributed by atoms with Crippen molar-refractivity contribution in [1.82, 2.24) is 0 Å². The van der Waals surface area contributed by atoms with Crippen LogP contribution in [0.1, 0.15) is 6.92 Å². The van der Waals surface area contributed by atoms with E-state index in [0.29, 0.717) is 0 Å². The van der Waals surface area contributed by atoms with Crippen LogP contribution in [0.15, 0.2) is 0 Å². The van der Waals surface area contributed by atoms with Crippen LogP contribution in [0.4, 0.5) is 0 Å². The molecule has 0 saturated heterocycles. The fraction of sp³-hybridized carbons (Fsp3) is 1.00. The minimum absolute atomic E-state index is 0. The van der Waals surface area contributed by atoms with Gasteiger partial charge in [0.2, 0.25) is 0 Å². The van der Waals surface area contributed by atoms with Crippen LogP contribution in [0, 0.1) is 0 Å². The van der Waals surface area contributed by atoms with Gasteiger partial charge in [-0.3, -0.25) is 8.80 Å². The van der Waals surface area contributed by atoms with Gasteiger partial charge < -0.3 is 14.4 Å². The van der Waals surface area contributed by atoms with Gasteiger partial charge in [0.25, 0.3) is 0 Å². The number of rotatable bonds is 1. The van der Waals surface area contributed by atoms with E-state index in [4.69, 9.17) is 0 Å². The van der Waals surface area contributed by atoms with Gasteiger partial charge in [0.1, 0.15) is 0 Å². The minimum atomic E-state index is -4.38. The molecule has 0 fully saturated rings. The molecular weight excluding hydrogens is 217 g/mol. The topological polar surface area (TPSA) is 69.2 Å². The van der Waals surface area contributed by atoms with E-state index in [1.807, 2.05) is 0 Å². The largest absolute Gasteiger partial charge is 1.00 e. The first-order valence-electron chi connectivity index (χ1n) is 1.67. The molecule has 7 heteroatoms. The smallest absolute Gasteiger partial charge is 0.881 e. The van der Waals surface area contributed by atoms with Crippen LogP contribution in [0.2, 0.25) is 6.04 Å². The van der Waals surface area contributed by atoms with Crippen LogP contribution in [0.5, 0.6) is 0 Å². The molecule has 0 N–H and O–H groups in total. The quantitative estimate of drug-likeness (QED) is 0.414. The Bertz CT molecular complexity index is 46.8. The molecule has 0 aliphatic heterocycles. The monoisotopic (exact) mass is 222 g/mol. The molecule has 0 aliphatic rings. The first-order valence-corrected chi connectivity index (χ1v) is 3.60. The zero-order valence-electron chi connectivity index (χ0n) is 6.43. The van der Waals surface area contributed by atoms with Crippen molar-refractivity contribution in [3.63, 3.8) is 0 Å². The number of hydrogen-bond acceptors (Lipinski definition) is 3. The molecule has 0 unspecified atom stereocenters. The summed E-state index contributed by atoms with van der Waals surface area (Å²) < 4.78 is 0. The van der Waals surface area contributed by atoms with Crippen molar-refractivity contribution < 1.29 is 169 Å². The minimum Gasteiger partial charge on any atom is -0.881 e. The summed E-state index contributed by atoms with van der Waals surface area (Å²) in [5.74, 6) is 0. The molecule has 0 aromatic rings. The van der Waals surface area contributed by atoms with Gasteiger partial charge >= 0.3 is 154 Å². The Morgan fingerprint density at radius 2 is 1.11 bits per heavy atom. The van der Waals surface area contributed by atoms with Crippen LogP contribution >= 0.6 is 0 Å². The molecule has 0 heterocycles. The van der Waals surface area contributed by atoms with Crippen LogP contribution in [0.25, 0.3) is 0 Å². The molecule has 0 spiro atoms. The van der Waals surface area contributed by atoms with Gasteiger partial charge in [-0.05, 0) is 0 Å². The van der Waals surface area contributed by atoms with E-state index in [-0.39, 0.29) is 160 Å². The molecular formula is C2H5K3O3Si. The SMILES string of the molecule is CC[Si]([O-])([O-])[O-].[K+].[K+].[K+]. The maximum absolute atomic E-state index is 9.50. The average molecular weight is 222 g/mol. The summed E-state index contributed by atoms with van der Waals surface area (Å²) >= 11 is 0. The van der Waals surface area contributed by atoms with Crippen molar-refractivity contribution >= 4 is 8.80 Å². The standard InChI is InChI=1S/C2H5O3Si.3K/c1-2-6(3,4)5;;;/h2H2,1H3;;;/q-3;3*+1. The Morgan fingerprint density at radius 1 is 1.00 bits per heavy atom. The van der Waals surface area contributed by atoms with Crippen LogP contribution < -0.4 is 169 Å². The fourth-order valence-electron chi connectivity index (χ4n) is 0. The van der Waals surface area contributed by atoms with Gasteiger partial charge in [-0.25, -0.2) is 0 Å². The second-order valence-corrected chi connectivity index (χ2v) is 3.11. The first-order chi connectivity index (χ1) is 2.56. The Kier molecular flexibility index (Phi) is 34.2. The Morgan fingerprint density at radius 3 is 1.11 bits per heavy atom. The van der Waals surface area contributed by atoms with Gasteiger partial charge in [0, 0.05) is 0 Å². The molecule has 0 aliphatic carbocycles. The van der Waals surface area contributed by atoms with Crippen LogP contribution in [0.3, 0.4) is 0 Å². The molecule has 9 heavy (non-hydrogen) atoms. The van der Waals surface area contributed by atoms with Gasteiger partial charge in [0.05, 0.1) is 0 Å². The molecule has 0 aromatic carbocycles. The molecule has 3 nitrogen and oxygen atoms in total. The second-order valence-electron chi connectivity index (χ2n) is 1.04. The molecule has 0 atom stereocenters. The molecule has 0 bridgehead atoms. The Labute approximate surface area is 184 Å². The van der Waals surface area contributed by atoms with Crippen molar-refractivity contribution in [3.8, 4) is 0 Å². The maximum atomic E-state index is 9.50. The summed E-state index contributed by atoms with van der Waals surface area (Å²) in [4.78, 5) is 28.5. The van der Waals surface area contributed by atoms with Crippen molar-refractivity contribution in [2.75, 3.05) is 0 Å². The Hall–Kier alpha value is 5.01. The van der Waals surface area contributed by atoms with Gasteiger partial charge in [-0.15, -0.1) is 6.04 Å². The third-order valence-corrected chi connectivity index (χ3v) is 1.30. The molecule has 0 aromatic heterocycles. The van der Waals surface area contributed by atoms with E-state index in [1.54, 1.807) is 0 Å². The van der Waals surface area contributed by atoms with Crippen molar-refractivity contribution in [2.45, 2.75) is 13.0 Å². The van der Waals surface area contributed by atoms with Crippen LogP contribution in [-0.2, 0) is 0 Å². The third-order valence-electron chi connectivity index (χ3n) is 0.433. The van der Waals surface area contributed by atoms with E-state index in [2.05, 4.69) is 0 Å². The zero-order valence-corrected chi connectivity index (χ0v) is 16.8. The normalized spacial score (nSPS) is 8.00. The molecule has 38 valence electrons. The maximum Gasteiger partial charge on any atom is 1.00 e. The summed E-state index contributed by atoms with van der Waals surface area (Å²) in [6.07, 6.45) is 0. The van der Waals surface area contributed by atoms with Crippen molar-refractivity contribution in [1.29, 1.82) is 0 Å². The summed E-state index contributed by atoms with van der Waals surface area (Å²) in [5, 5.41) is 0. The average Bonchev–Trinajstić information content (AvgIpc) is 1.35. The Balaban J connectivity index is -0.0000000417. The summed E-state index contributed by atoms with van der Waals surface area (Å²) in [6, 6.07) is -0.257. The molecule has 0 saturated carbocycles. The van der Waals surface area contributed by atoms with E-state index < -0.39 is 8.80 Å². The van der Waals surface area contributed by atoms with Crippen LogP contribution in [-0.4, -0.2) is 8.80 Å². The predicted molar refractivity (Wildman–Crippen MR) is 16.2 cm³/mol. The number of hydrogen-bond donors (Lipinski definition) is 0. The van der Waals surface area contributed by atoms with Gasteiger partial charge in [-0.1, -0.05) is 6.92 Å². The summed E-state index contributed by atoms with van der Waals surface area (Å²) in [6.45, 7) is 1.33. The molecule has 0 rings (SSSR count). The molecule has 0 radical (unpaired) electrons. The van der Waals surface area contributed by atoms with Crippen molar-refractivity contribution in [3.05, 3.63) is 0 Å². The van der Waals surface area contributed by atoms with Gasteiger partial charge in [-0.2, -0.15) is 0 Å². The summed E-state index contributed by atoms with van der Waals surface area (Å²) in [7, 11) is -4.38. The third kappa shape index (κ3) is 24.6. The van der Waals surface area contributed by atoms with Gasteiger partial charge in [0.15, 0.2) is 0 Å². The molecule has 0 amide bonds. The first kappa shape index (κ1) is 23.7. The zero-order chi connectivity index (χ0) is 5.21. The fourth-order valence-corrected chi connectivity index (χ4v) is 0. The van der Waals surface area contributed by atoms with E-state index in [0.717, 1.165) is 0 Å². The van der Waals surface area contributed by atoms with E-state index in [1.165, 1.54) is 6.92 Å². The van der Waals surface area contributed by atoms with E-state index in [9.17, 15) is 14.4 Å². The van der Waals surface area contributed by atoms with E-state index >= 15 is 0 Å². The predicted octanol–water partition coefficient (Wildman–Crippen LogP) is -12.0.